The van der Waals surface area contributed by atoms with Crippen LogP contribution in [0.1, 0.15) is 59.8 Å². The molecule has 0 bridgehead atoms. The van der Waals surface area contributed by atoms with Gasteiger partial charge in [0.1, 0.15) is 0 Å². The Morgan fingerprint density at radius 3 is 2.33 bits per heavy atom. The molecule has 0 radical (unpaired) electrons. The average molecular weight is 256 g/mol. The second kappa shape index (κ2) is 8.25. The first-order chi connectivity index (χ1) is 8.35. The Morgan fingerprint density at radius 1 is 1.28 bits per heavy atom. The number of carbonyl (C=O) groups excluding carboxylic acids is 2. The zero-order valence-electron chi connectivity index (χ0n) is 12.2. The van der Waals surface area contributed by atoms with Crippen LogP contribution in [0.2, 0.25) is 0 Å². The molecule has 0 aliphatic carbocycles. The molecule has 18 heavy (non-hydrogen) atoms. The highest BCUT2D eigenvalue weighted by atomic mass is 16.2. The van der Waals surface area contributed by atoms with Crippen molar-refractivity contribution in [3.05, 3.63) is 0 Å². The van der Waals surface area contributed by atoms with Crippen molar-refractivity contribution in [3.63, 3.8) is 0 Å². The van der Waals surface area contributed by atoms with E-state index in [1.807, 2.05) is 13.8 Å². The molecule has 0 saturated heterocycles. The lowest BCUT2D eigenvalue weighted by Crippen LogP contribution is -2.45. The summed E-state index contributed by atoms with van der Waals surface area (Å²) in [5, 5.41) is 2.77. The van der Waals surface area contributed by atoms with E-state index in [-0.39, 0.29) is 23.1 Å². The van der Waals surface area contributed by atoms with Crippen molar-refractivity contribution in [1.29, 1.82) is 0 Å². The predicted octanol–water partition coefficient (Wildman–Crippen LogP) is 2.02. The molecule has 106 valence electrons. The predicted molar refractivity (Wildman–Crippen MR) is 74.2 cm³/mol. The Balaban J connectivity index is 4.61. The monoisotopic (exact) mass is 256 g/mol. The Hall–Kier alpha value is -0.900. The Labute approximate surface area is 111 Å². The van der Waals surface area contributed by atoms with Gasteiger partial charge in [-0.3, -0.25) is 9.59 Å². The van der Waals surface area contributed by atoms with Crippen LogP contribution in [0.15, 0.2) is 0 Å². The molecule has 0 aromatic carbocycles. The van der Waals surface area contributed by atoms with E-state index in [9.17, 15) is 9.59 Å². The zero-order chi connectivity index (χ0) is 14.2. The quantitative estimate of drug-likeness (QED) is 0.620. The summed E-state index contributed by atoms with van der Waals surface area (Å²) in [6.45, 7) is 8.05. The summed E-state index contributed by atoms with van der Waals surface area (Å²) in [6, 6.07) is -0.365. The van der Waals surface area contributed by atoms with Crippen molar-refractivity contribution in [2.45, 2.75) is 65.8 Å². The second-order valence-electron chi connectivity index (χ2n) is 5.54. The van der Waals surface area contributed by atoms with Crippen LogP contribution < -0.4 is 11.1 Å². The Kier molecular flexibility index (Phi) is 7.83. The van der Waals surface area contributed by atoms with Crippen molar-refractivity contribution in [2.75, 3.05) is 6.54 Å². The van der Waals surface area contributed by atoms with Gasteiger partial charge in [0.05, 0.1) is 6.04 Å². The van der Waals surface area contributed by atoms with E-state index in [0.717, 1.165) is 25.7 Å². The van der Waals surface area contributed by atoms with Crippen molar-refractivity contribution < 1.29 is 9.59 Å². The van der Waals surface area contributed by atoms with Crippen LogP contribution in [-0.2, 0) is 9.59 Å². The van der Waals surface area contributed by atoms with E-state index in [0.29, 0.717) is 13.0 Å². The third kappa shape index (κ3) is 6.15. The van der Waals surface area contributed by atoms with Crippen LogP contribution in [0.5, 0.6) is 0 Å². The third-order valence-corrected chi connectivity index (χ3v) is 3.18. The molecule has 0 unspecified atom stereocenters. The molecule has 0 aliphatic heterocycles. The summed E-state index contributed by atoms with van der Waals surface area (Å²) in [5.74, 6) is -0.00929. The van der Waals surface area contributed by atoms with E-state index < -0.39 is 0 Å². The molecular formula is C14H28N2O2. The van der Waals surface area contributed by atoms with Crippen molar-refractivity contribution in [1.82, 2.24) is 5.32 Å². The summed E-state index contributed by atoms with van der Waals surface area (Å²) < 4.78 is 0. The van der Waals surface area contributed by atoms with E-state index in [2.05, 4.69) is 12.2 Å². The van der Waals surface area contributed by atoms with Crippen LogP contribution >= 0.6 is 0 Å². The smallest absolute Gasteiger partial charge is 0.217 e. The van der Waals surface area contributed by atoms with E-state index >= 15 is 0 Å². The maximum absolute atomic E-state index is 12.4. The summed E-state index contributed by atoms with van der Waals surface area (Å²) in [5.41, 5.74) is 5.08. The number of ketones is 1. The van der Waals surface area contributed by atoms with Crippen LogP contribution in [0, 0.1) is 5.41 Å². The highest BCUT2D eigenvalue weighted by Crippen LogP contribution is 2.26. The molecule has 0 aliphatic rings. The lowest BCUT2D eigenvalue weighted by Gasteiger charge is -2.28. The molecule has 4 nitrogen and oxygen atoms in total. The van der Waals surface area contributed by atoms with Gasteiger partial charge in [-0.25, -0.2) is 0 Å². The number of Topliss-reactive ketones (excluding diaryl/α,β-unsaturated/α-hetero) is 1. The zero-order valence-corrected chi connectivity index (χ0v) is 12.2. The average Bonchev–Trinajstić information content (AvgIpc) is 2.26. The SMILES string of the molecule is CCCC(C)(C)C(=O)[C@@H](CCCCN)NC(C)=O. The molecule has 1 atom stereocenters. The molecule has 4 heteroatoms. The molecular weight excluding hydrogens is 228 g/mol. The van der Waals surface area contributed by atoms with Gasteiger partial charge < -0.3 is 11.1 Å². The normalized spacial score (nSPS) is 13.2. The highest BCUT2D eigenvalue weighted by molar-refractivity contribution is 5.92. The molecule has 0 aromatic heterocycles. The first-order valence-electron chi connectivity index (χ1n) is 6.86. The molecule has 3 N–H and O–H groups in total. The van der Waals surface area contributed by atoms with Crippen LogP contribution in [0.4, 0.5) is 0 Å². The highest BCUT2D eigenvalue weighted by Gasteiger charge is 2.32. The van der Waals surface area contributed by atoms with E-state index in [4.69, 9.17) is 5.73 Å². The maximum atomic E-state index is 12.4. The van der Waals surface area contributed by atoms with Gasteiger partial charge >= 0.3 is 0 Å². The van der Waals surface area contributed by atoms with Crippen LogP contribution in [-0.4, -0.2) is 24.3 Å². The minimum atomic E-state index is -0.370. The molecule has 0 spiro atoms. The van der Waals surface area contributed by atoms with Crippen molar-refractivity contribution >= 4 is 11.7 Å². The Bertz CT molecular complexity index is 275. The number of carbonyl (C=O) groups is 2. The van der Waals surface area contributed by atoms with Gasteiger partial charge in [-0.2, -0.15) is 0 Å². The van der Waals surface area contributed by atoms with Crippen molar-refractivity contribution in [2.24, 2.45) is 11.1 Å². The minimum Gasteiger partial charge on any atom is -0.347 e. The molecule has 0 aromatic rings. The molecule has 0 fully saturated rings. The van der Waals surface area contributed by atoms with Gasteiger partial charge in [-0.05, 0) is 32.2 Å². The summed E-state index contributed by atoms with van der Waals surface area (Å²) in [6.07, 6.45) is 4.25. The van der Waals surface area contributed by atoms with Gasteiger partial charge in [0.25, 0.3) is 0 Å². The topological polar surface area (TPSA) is 72.2 Å². The second-order valence-corrected chi connectivity index (χ2v) is 5.54. The first kappa shape index (κ1) is 17.1. The molecule has 0 rings (SSSR count). The molecule has 0 saturated carbocycles. The van der Waals surface area contributed by atoms with E-state index in [1.165, 1.54) is 6.92 Å². The minimum absolute atomic E-state index is 0.136. The largest absolute Gasteiger partial charge is 0.347 e. The summed E-state index contributed by atoms with van der Waals surface area (Å²) in [7, 11) is 0. The van der Waals surface area contributed by atoms with Gasteiger partial charge in [0.2, 0.25) is 5.91 Å². The number of nitrogens with one attached hydrogen (secondary N) is 1. The van der Waals surface area contributed by atoms with Gasteiger partial charge in [-0.15, -0.1) is 0 Å². The number of hydrogen-bond donors (Lipinski definition) is 2. The number of hydrogen-bond acceptors (Lipinski definition) is 3. The number of nitrogens with two attached hydrogens (primary N) is 1. The molecule has 1 amide bonds. The Morgan fingerprint density at radius 2 is 1.89 bits per heavy atom. The fraction of sp³-hybridized carbons (Fsp3) is 0.857. The van der Waals surface area contributed by atoms with Crippen LogP contribution in [0.25, 0.3) is 0 Å². The number of amides is 1. The maximum Gasteiger partial charge on any atom is 0.217 e. The van der Waals surface area contributed by atoms with Crippen molar-refractivity contribution in [3.8, 4) is 0 Å². The summed E-state index contributed by atoms with van der Waals surface area (Å²) in [4.78, 5) is 23.6. The fourth-order valence-corrected chi connectivity index (χ4v) is 2.23. The third-order valence-electron chi connectivity index (χ3n) is 3.18. The number of unbranched alkanes of at least 4 members (excludes halogenated alkanes) is 1. The fourth-order valence-electron chi connectivity index (χ4n) is 2.23. The number of rotatable bonds is 9. The molecule has 0 heterocycles. The lowest BCUT2D eigenvalue weighted by molar-refractivity contribution is -0.133. The first-order valence-corrected chi connectivity index (χ1v) is 6.86. The van der Waals surface area contributed by atoms with E-state index in [1.54, 1.807) is 0 Å². The van der Waals surface area contributed by atoms with Gasteiger partial charge in [-0.1, -0.05) is 27.2 Å². The van der Waals surface area contributed by atoms with Gasteiger partial charge in [0, 0.05) is 12.3 Å². The van der Waals surface area contributed by atoms with Gasteiger partial charge in [0.15, 0.2) is 5.78 Å². The summed E-state index contributed by atoms with van der Waals surface area (Å²) >= 11 is 0. The lowest BCUT2D eigenvalue weighted by atomic mass is 9.79. The van der Waals surface area contributed by atoms with Crippen LogP contribution in [0.3, 0.4) is 0 Å². The standard InChI is InChI=1S/C14H28N2O2/c1-5-9-14(3,4)13(18)12(16-11(2)17)8-6-7-10-15/h12H,5-10,15H2,1-4H3,(H,16,17)/t12-/m1/s1.